The van der Waals surface area contributed by atoms with Crippen molar-refractivity contribution in [3.63, 3.8) is 0 Å². The zero-order chi connectivity index (χ0) is 12.4. The Morgan fingerprint density at radius 3 is 2.50 bits per heavy atom. The normalized spacial score (nSPS) is 10.5. The van der Waals surface area contributed by atoms with Gasteiger partial charge in [0.15, 0.2) is 0 Å². The van der Waals surface area contributed by atoms with Gasteiger partial charge in [0.05, 0.1) is 11.2 Å². The lowest BCUT2D eigenvalue weighted by Gasteiger charge is -2.09. The number of hydrogen-bond acceptors (Lipinski definition) is 3. The Hall–Kier alpha value is -2.42. The summed E-state index contributed by atoms with van der Waals surface area (Å²) in [5.74, 6) is 1.57. The molecule has 0 fully saturated rings. The third kappa shape index (κ3) is 1.91. The van der Waals surface area contributed by atoms with Crippen LogP contribution in [0.15, 0.2) is 54.9 Å². The molecule has 2 aromatic heterocycles. The van der Waals surface area contributed by atoms with Gasteiger partial charge in [0.25, 0.3) is 0 Å². The Morgan fingerprint density at radius 1 is 0.833 bits per heavy atom. The number of rotatable bonds is 2. The van der Waals surface area contributed by atoms with Crippen molar-refractivity contribution < 1.29 is 4.74 Å². The second kappa shape index (κ2) is 4.45. The summed E-state index contributed by atoms with van der Waals surface area (Å²) in [7, 11) is 0. The van der Waals surface area contributed by atoms with Gasteiger partial charge >= 0.3 is 0 Å². The summed E-state index contributed by atoms with van der Waals surface area (Å²) in [6.45, 7) is 1.93. The first kappa shape index (κ1) is 10.7. The van der Waals surface area contributed by atoms with Crippen molar-refractivity contribution in [2.75, 3.05) is 0 Å². The standard InChI is InChI=1S/C15H12N2O/c1-11-14(8-4-9-16-11)18-15-7-2-6-13-12(15)5-3-10-17-13/h2-10H,1H3. The molecule has 0 unspecified atom stereocenters. The highest BCUT2D eigenvalue weighted by atomic mass is 16.5. The maximum Gasteiger partial charge on any atom is 0.148 e. The van der Waals surface area contributed by atoms with Crippen LogP contribution >= 0.6 is 0 Å². The summed E-state index contributed by atoms with van der Waals surface area (Å²) < 4.78 is 5.92. The molecule has 1 aromatic carbocycles. The summed E-state index contributed by atoms with van der Waals surface area (Å²) in [6.07, 6.45) is 3.54. The Kier molecular flexibility index (Phi) is 2.65. The first-order valence-corrected chi connectivity index (χ1v) is 5.78. The third-order valence-corrected chi connectivity index (χ3v) is 2.78. The van der Waals surface area contributed by atoms with Gasteiger partial charge in [-0.1, -0.05) is 6.07 Å². The topological polar surface area (TPSA) is 35.0 Å². The molecule has 3 nitrogen and oxygen atoms in total. The smallest absolute Gasteiger partial charge is 0.148 e. The summed E-state index contributed by atoms with van der Waals surface area (Å²) in [5, 5.41) is 1.00. The van der Waals surface area contributed by atoms with E-state index in [1.165, 1.54) is 0 Å². The molecule has 0 spiro atoms. The van der Waals surface area contributed by atoms with Crippen molar-refractivity contribution >= 4 is 10.9 Å². The molecule has 0 N–H and O–H groups in total. The van der Waals surface area contributed by atoms with Crippen molar-refractivity contribution in [1.29, 1.82) is 0 Å². The van der Waals surface area contributed by atoms with Gasteiger partial charge in [0.2, 0.25) is 0 Å². The SMILES string of the molecule is Cc1ncccc1Oc1cccc2ncccc12. The molecule has 0 aliphatic rings. The van der Waals surface area contributed by atoms with Gasteiger partial charge in [0.1, 0.15) is 11.5 Å². The van der Waals surface area contributed by atoms with Crippen LogP contribution in [-0.2, 0) is 0 Å². The molecule has 88 valence electrons. The number of fused-ring (bicyclic) bond motifs is 1. The van der Waals surface area contributed by atoms with E-state index in [4.69, 9.17) is 4.74 Å². The predicted octanol–water partition coefficient (Wildman–Crippen LogP) is 3.73. The van der Waals surface area contributed by atoms with E-state index in [-0.39, 0.29) is 0 Å². The molecule has 3 aromatic rings. The molecule has 2 heterocycles. The van der Waals surface area contributed by atoms with E-state index in [9.17, 15) is 0 Å². The minimum atomic E-state index is 0.772. The number of hydrogen-bond donors (Lipinski definition) is 0. The van der Waals surface area contributed by atoms with Crippen molar-refractivity contribution in [3.05, 3.63) is 60.6 Å². The first-order chi connectivity index (χ1) is 8.84. The molecule has 0 saturated heterocycles. The second-order valence-corrected chi connectivity index (χ2v) is 4.02. The van der Waals surface area contributed by atoms with Gasteiger partial charge < -0.3 is 4.74 Å². The number of aryl methyl sites for hydroxylation is 1. The van der Waals surface area contributed by atoms with E-state index in [2.05, 4.69) is 9.97 Å². The summed E-state index contributed by atoms with van der Waals surface area (Å²) in [5.41, 5.74) is 1.80. The molecule has 0 aliphatic heterocycles. The van der Waals surface area contributed by atoms with Gasteiger partial charge in [-0.2, -0.15) is 0 Å². The lowest BCUT2D eigenvalue weighted by atomic mass is 10.2. The highest BCUT2D eigenvalue weighted by Gasteiger charge is 2.05. The molecule has 0 saturated carbocycles. The van der Waals surface area contributed by atoms with Crippen LogP contribution in [0.1, 0.15) is 5.69 Å². The Bertz CT molecular complexity index is 689. The Balaban J connectivity index is 2.08. The van der Waals surface area contributed by atoms with E-state index in [0.29, 0.717) is 0 Å². The van der Waals surface area contributed by atoms with Crippen LogP contribution in [0.3, 0.4) is 0 Å². The lowest BCUT2D eigenvalue weighted by Crippen LogP contribution is -1.90. The first-order valence-electron chi connectivity index (χ1n) is 5.78. The van der Waals surface area contributed by atoms with Crippen molar-refractivity contribution in [2.45, 2.75) is 6.92 Å². The Labute approximate surface area is 105 Å². The number of aromatic nitrogens is 2. The average Bonchev–Trinajstić information content (AvgIpc) is 2.42. The Morgan fingerprint density at radius 2 is 1.61 bits per heavy atom. The van der Waals surface area contributed by atoms with Crippen LogP contribution < -0.4 is 4.74 Å². The molecular weight excluding hydrogens is 224 g/mol. The van der Waals surface area contributed by atoms with Gasteiger partial charge in [-0.15, -0.1) is 0 Å². The number of pyridine rings is 2. The average molecular weight is 236 g/mol. The molecule has 3 rings (SSSR count). The van der Waals surface area contributed by atoms with E-state index in [1.807, 2.05) is 49.4 Å². The number of nitrogens with zero attached hydrogens (tertiary/aromatic N) is 2. The molecule has 0 bridgehead atoms. The summed E-state index contributed by atoms with van der Waals surface area (Å²) in [6, 6.07) is 13.5. The highest BCUT2D eigenvalue weighted by molar-refractivity contribution is 5.85. The maximum atomic E-state index is 5.92. The van der Waals surface area contributed by atoms with Crippen LogP contribution in [0.5, 0.6) is 11.5 Å². The fourth-order valence-electron chi connectivity index (χ4n) is 1.86. The van der Waals surface area contributed by atoms with Crippen molar-refractivity contribution in [2.24, 2.45) is 0 Å². The van der Waals surface area contributed by atoms with Gasteiger partial charge in [-0.05, 0) is 43.3 Å². The summed E-state index contributed by atoms with van der Waals surface area (Å²) >= 11 is 0. The zero-order valence-electron chi connectivity index (χ0n) is 10.00. The minimum absolute atomic E-state index is 0.772. The van der Waals surface area contributed by atoms with Crippen LogP contribution in [0, 0.1) is 6.92 Å². The largest absolute Gasteiger partial charge is 0.455 e. The molecule has 0 atom stereocenters. The molecule has 3 heteroatoms. The van der Waals surface area contributed by atoms with Crippen molar-refractivity contribution in [1.82, 2.24) is 9.97 Å². The molecule has 0 aliphatic carbocycles. The fourth-order valence-corrected chi connectivity index (χ4v) is 1.86. The fraction of sp³-hybridized carbons (Fsp3) is 0.0667. The molecular formula is C15H12N2O. The van der Waals surface area contributed by atoms with E-state index < -0.39 is 0 Å². The lowest BCUT2D eigenvalue weighted by molar-refractivity contribution is 0.481. The van der Waals surface area contributed by atoms with Gasteiger partial charge in [0, 0.05) is 17.8 Å². The van der Waals surface area contributed by atoms with E-state index in [1.54, 1.807) is 12.4 Å². The summed E-state index contributed by atoms with van der Waals surface area (Å²) in [4.78, 5) is 8.53. The monoisotopic (exact) mass is 236 g/mol. The zero-order valence-corrected chi connectivity index (χ0v) is 10.00. The predicted molar refractivity (Wildman–Crippen MR) is 70.8 cm³/mol. The van der Waals surface area contributed by atoms with Crippen LogP contribution in [-0.4, -0.2) is 9.97 Å². The highest BCUT2D eigenvalue weighted by Crippen LogP contribution is 2.29. The van der Waals surface area contributed by atoms with Crippen LogP contribution in [0.2, 0.25) is 0 Å². The van der Waals surface area contributed by atoms with Gasteiger partial charge in [-0.3, -0.25) is 9.97 Å². The molecule has 18 heavy (non-hydrogen) atoms. The van der Waals surface area contributed by atoms with Gasteiger partial charge in [-0.25, -0.2) is 0 Å². The quantitative estimate of drug-likeness (QED) is 0.680. The van der Waals surface area contributed by atoms with Crippen LogP contribution in [0.4, 0.5) is 0 Å². The van der Waals surface area contributed by atoms with E-state index >= 15 is 0 Å². The van der Waals surface area contributed by atoms with E-state index in [0.717, 1.165) is 28.1 Å². The molecule has 0 radical (unpaired) electrons. The molecule has 0 amide bonds. The van der Waals surface area contributed by atoms with Crippen LogP contribution in [0.25, 0.3) is 10.9 Å². The second-order valence-electron chi connectivity index (χ2n) is 4.02. The van der Waals surface area contributed by atoms with Crippen molar-refractivity contribution in [3.8, 4) is 11.5 Å². The minimum Gasteiger partial charge on any atom is -0.455 e. The third-order valence-electron chi connectivity index (χ3n) is 2.78. The number of ether oxygens (including phenoxy) is 1. The number of benzene rings is 1. The maximum absolute atomic E-state index is 5.92.